The number of anilines is 1. The van der Waals surface area contributed by atoms with E-state index in [0.717, 1.165) is 48.0 Å². The van der Waals surface area contributed by atoms with Crippen LogP contribution in [0.1, 0.15) is 18.3 Å². The van der Waals surface area contributed by atoms with E-state index < -0.39 is 0 Å². The number of aryl methyl sites for hydroxylation is 1. The molecule has 2 aromatic carbocycles. The second-order valence-electron chi connectivity index (χ2n) is 9.22. The highest BCUT2D eigenvalue weighted by atomic mass is 16.2. The van der Waals surface area contributed by atoms with Crippen LogP contribution in [0.2, 0.25) is 0 Å². The number of benzene rings is 2. The maximum absolute atomic E-state index is 12.9. The van der Waals surface area contributed by atoms with E-state index in [9.17, 15) is 4.79 Å². The van der Waals surface area contributed by atoms with E-state index in [1.54, 1.807) is 4.90 Å². The van der Waals surface area contributed by atoms with E-state index in [-0.39, 0.29) is 11.9 Å². The van der Waals surface area contributed by atoms with Crippen LogP contribution in [-0.2, 0) is 6.54 Å². The molecule has 1 aromatic heterocycles. The number of amidine groups is 1. The van der Waals surface area contributed by atoms with Crippen molar-refractivity contribution in [1.29, 1.82) is 0 Å². The van der Waals surface area contributed by atoms with E-state index in [2.05, 4.69) is 52.1 Å². The third-order valence-corrected chi connectivity index (χ3v) is 6.83. The highest BCUT2D eigenvalue weighted by Gasteiger charge is 2.39. The zero-order chi connectivity index (χ0) is 22.5. The smallest absolute Gasteiger partial charge is 0.329 e. The third kappa shape index (κ3) is 3.56. The van der Waals surface area contributed by atoms with Crippen molar-refractivity contribution in [3.63, 3.8) is 0 Å². The maximum atomic E-state index is 12.9. The van der Waals surface area contributed by atoms with Gasteiger partial charge >= 0.3 is 6.03 Å². The molecule has 0 spiro atoms. The summed E-state index contributed by atoms with van der Waals surface area (Å²) in [5.41, 5.74) is 4.32. The maximum Gasteiger partial charge on any atom is 0.329 e. The number of aliphatic imine (C=N–C) groups is 1. The Morgan fingerprint density at radius 2 is 1.91 bits per heavy atom. The summed E-state index contributed by atoms with van der Waals surface area (Å²) in [7, 11) is 0. The second-order valence-corrected chi connectivity index (χ2v) is 9.22. The van der Waals surface area contributed by atoms with Crippen LogP contribution in [-0.4, -0.2) is 51.4 Å². The molecular formula is C25H27N7O. The molecular weight excluding hydrogens is 414 g/mol. The SMILES string of the molecule is Cc1ccccc1N1C=C2N=C(C3CN(Cc4nc5ccccc5[nH]4)CC3C)NC(=O)N2C1. The van der Waals surface area contributed by atoms with Crippen molar-refractivity contribution in [3.05, 3.63) is 71.9 Å². The topological polar surface area (TPSA) is 79.9 Å². The number of H-pyrrole nitrogens is 1. The van der Waals surface area contributed by atoms with Gasteiger partial charge in [0.25, 0.3) is 0 Å². The van der Waals surface area contributed by atoms with Crippen molar-refractivity contribution in [2.45, 2.75) is 20.4 Å². The van der Waals surface area contributed by atoms with Crippen LogP contribution in [0.3, 0.4) is 0 Å². The minimum Gasteiger partial charge on any atom is -0.341 e. The van der Waals surface area contributed by atoms with Crippen molar-refractivity contribution >= 4 is 28.6 Å². The van der Waals surface area contributed by atoms with E-state index in [0.29, 0.717) is 18.4 Å². The number of aromatic nitrogens is 2. The number of imidazole rings is 1. The van der Waals surface area contributed by atoms with Crippen molar-refractivity contribution in [3.8, 4) is 0 Å². The zero-order valence-electron chi connectivity index (χ0n) is 18.8. The molecule has 1 fully saturated rings. The van der Waals surface area contributed by atoms with Gasteiger partial charge in [-0.05, 0) is 36.6 Å². The standard InChI is InChI=1S/C25H27N7O/c1-16-7-3-6-10-21(16)31-14-23-28-24(29-25(33)32(23)15-31)18-12-30(11-17(18)2)13-22-26-19-8-4-5-9-20(19)27-22/h3-10,14,17-18H,11-13,15H2,1-2H3,(H,26,27)(H,28,29,33). The molecule has 8 nitrogen and oxygen atoms in total. The van der Waals surface area contributed by atoms with Gasteiger partial charge in [-0.15, -0.1) is 0 Å². The summed E-state index contributed by atoms with van der Waals surface area (Å²) in [6.07, 6.45) is 1.98. The van der Waals surface area contributed by atoms with Gasteiger partial charge in [0.2, 0.25) is 0 Å². The van der Waals surface area contributed by atoms with E-state index >= 15 is 0 Å². The number of aromatic amines is 1. The molecule has 33 heavy (non-hydrogen) atoms. The lowest BCUT2D eigenvalue weighted by molar-refractivity contribution is 0.216. The van der Waals surface area contributed by atoms with Gasteiger partial charge in [-0.1, -0.05) is 37.3 Å². The summed E-state index contributed by atoms with van der Waals surface area (Å²) in [5.74, 6) is 3.01. The number of urea groups is 1. The third-order valence-electron chi connectivity index (χ3n) is 6.83. The molecule has 4 heterocycles. The van der Waals surface area contributed by atoms with Crippen LogP contribution >= 0.6 is 0 Å². The molecule has 8 heteroatoms. The van der Waals surface area contributed by atoms with Crippen molar-refractivity contribution in [2.24, 2.45) is 16.8 Å². The zero-order valence-corrected chi connectivity index (χ0v) is 18.8. The Labute approximate surface area is 192 Å². The summed E-state index contributed by atoms with van der Waals surface area (Å²) in [5, 5.41) is 3.07. The number of para-hydroxylation sites is 3. The molecule has 0 bridgehead atoms. The quantitative estimate of drug-likeness (QED) is 0.648. The summed E-state index contributed by atoms with van der Waals surface area (Å²) in [4.78, 5) is 32.1. The molecule has 3 aliphatic rings. The lowest BCUT2D eigenvalue weighted by Crippen LogP contribution is -2.49. The molecule has 3 aromatic rings. The summed E-state index contributed by atoms with van der Waals surface area (Å²) >= 11 is 0. The Morgan fingerprint density at radius 1 is 1.09 bits per heavy atom. The Balaban J connectivity index is 1.21. The molecule has 2 atom stereocenters. The predicted molar refractivity (Wildman–Crippen MR) is 128 cm³/mol. The molecule has 6 rings (SSSR count). The summed E-state index contributed by atoms with van der Waals surface area (Å²) in [6, 6.07) is 16.2. The fraction of sp³-hybridized carbons (Fsp3) is 0.320. The van der Waals surface area contributed by atoms with Crippen molar-refractivity contribution in [2.75, 3.05) is 24.7 Å². The van der Waals surface area contributed by atoms with Gasteiger partial charge in [0, 0.05) is 30.9 Å². The Kier molecular flexibility index (Phi) is 4.69. The normalized spacial score (nSPS) is 23.0. The number of carbonyl (C=O) groups excluding carboxylic acids is 1. The van der Waals surface area contributed by atoms with Gasteiger partial charge in [0.05, 0.1) is 17.6 Å². The minimum absolute atomic E-state index is 0.106. The summed E-state index contributed by atoms with van der Waals surface area (Å²) in [6.45, 7) is 7.32. The Hall–Kier alpha value is -3.65. The summed E-state index contributed by atoms with van der Waals surface area (Å²) < 4.78 is 0. The number of nitrogens with one attached hydrogen (secondary N) is 2. The predicted octanol–water partition coefficient (Wildman–Crippen LogP) is 3.64. The Bertz CT molecular complexity index is 1260. The first-order valence-corrected chi connectivity index (χ1v) is 11.4. The molecule has 0 radical (unpaired) electrons. The van der Waals surface area contributed by atoms with Crippen LogP contribution < -0.4 is 10.2 Å². The first-order valence-electron chi connectivity index (χ1n) is 11.4. The fourth-order valence-electron chi connectivity index (χ4n) is 5.11. The van der Waals surface area contributed by atoms with Gasteiger partial charge in [-0.2, -0.15) is 0 Å². The largest absolute Gasteiger partial charge is 0.341 e. The number of likely N-dealkylation sites (tertiary alicyclic amines) is 1. The highest BCUT2D eigenvalue weighted by Crippen LogP contribution is 2.31. The number of amides is 2. The lowest BCUT2D eigenvalue weighted by Gasteiger charge is -2.28. The van der Waals surface area contributed by atoms with Crippen molar-refractivity contribution < 1.29 is 4.79 Å². The van der Waals surface area contributed by atoms with Crippen LogP contribution in [0, 0.1) is 18.8 Å². The van der Waals surface area contributed by atoms with Gasteiger partial charge in [-0.3, -0.25) is 15.1 Å². The van der Waals surface area contributed by atoms with E-state index in [1.807, 2.05) is 36.5 Å². The lowest BCUT2D eigenvalue weighted by atomic mass is 9.96. The fourth-order valence-corrected chi connectivity index (χ4v) is 5.11. The van der Waals surface area contributed by atoms with Crippen LogP contribution in [0.15, 0.2) is 65.5 Å². The van der Waals surface area contributed by atoms with E-state index in [1.165, 1.54) is 5.56 Å². The number of hydrogen-bond acceptors (Lipinski definition) is 5. The number of rotatable bonds is 4. The van der Waals surface area contributed by atoms with Crippen molar-refractivity contribution in [1.82, 2.24) is 25.1 Å². The van der Waals surface area contributed by atoms with Gasteiger partial charge in [-0.25, -0.2) is 14.8 Å². The molecule has 1 saturated heterocycles. The molecule has 0 aliphatic carbocycles. The van der Waals surface area contributed by atoms with Crippen LogP contribution in [0.5, 0.6) is 0 Å². The highest BCUT2D eigenvalue weighted by molar-refractivity contribution is 6.02. The van der Waals surface area contributed by atoms with E-state index in [4.69, 9.17) is 9.98 Å². The van der Waals surface area contributed by atoms with Gasteiger partial charge in [0.1, 0.15) is 18.3 Å². The molecule has 3 aliphatic heterocycles. The molecule has 2 unspecified atom stereocenters. The minimum atomic E-state index is -0.106. The van der Waals surface area contributed by atoms with Crippen LogP contribution in [0.25, 0.3) is 11.0 Å². The number of carbonyl (C=O) groups is 1. The second kappa shape index (κ2) is 7.74. The molecule has 0 saturated carbocycles. The van der Waals surface area contributed by atoms with Crippen LogP contribution in [0.4, 0.5) is 10.5 Å². The monoisotopic (exact) mass is 441 g/mol. The average molecular weight is 442 g/mol. The average Bonchev–Trinajstić information content (AvgIpc) is 3.50. The number of hydrogen-bond donors (Lipinski definition) is 2. The first-order chi connectivity index (χ1) is 16.0. The molecule has 2 amide bonds. The Morgan fingerprint density at radius 3 is 2.76 bits per heavy atom. The van der Waals surface area contributed by atoms with Gasteiger partial charge in [0.15, 0.2) is 5.82 Å². The number of nitrogens with zero attached hydrogens (tertiary/aromatic N) is 5. The molecule has 168 valence electrons. The van der Waals surface area contributed by atoms with Gasteiger partial charge < -0.3 is 9.88 Å². The molecule has 2 N–H and O–H groups in total. The number of fused-ring (bicyclic) bond motifs is 2. The first kappa shape index (κ1) is 20.0.